The highest BCUT2D eigenvalue weighted by molar-refractivity contribution is 5.94. The molecule has 0 bridgehead atoms. The number of rotatable bonds is 1. The van der Waals surface area contributed by atoms with Crippen LogP contribution in [0, 0.1) is 5.82 Å². The smallest absolute Gasteiger partial charge is 0.254 e. The number of hydrogen-bond acceptors (Lipinski definition) is 1. The van der Waals surface area contributed by atoms with Crippen LogP contribution in [0.4, 0.5) is 4.39 Å². The molecule has 3 heteroatoms. The van der Waals surface area contributed by atoms with Gasteiger partial charge in [-0.3, -0.25) is 4.79 Å². The number of benzene rings is 1. The molecule has 1 aromatic carbocycles. The van der Waals surface area contributed by atoms with Crippen LogP contribution in [0.1, 0.15) is 43.5 Å². The van der Waals surface area contributed by atoms with E-state index in [0.717, 1.165) is 12.8 Å². The summed E-state index contributed by atoms with van der Waals surface area (Å²) in [6.07, 6.45) is 3.28. The van der Waals surface area contributed by atoms with E-state index in [1.165, 1.54) is 18.6 Å². The quantitative estimate of drug-likeness (QED) is 0.731. The second kappa shape index (κ2) is 4.86. The van der Waals surface area contributed by atoms with Crippen molar-refractivity contribution in [3.63, 3.8) is 0 Å². The molecule has 0 radical (unpaired) electrons. The van der Waals surface area contributed by atoms with Crippen molar-refractivity contribution >= 4 is 5.91 Å². The Morgan fingerprint density at radius 3 is 2.24 bits per heavy atom. The van der Waals surface area contributed by atoms with Crippen LogP contribution in [0.15, 0.2) is 24.3 Å². The minimum absolute atomic E-state index is 0.0182. The predicted octanol–water partition coefficient (Wildman–Crippen LogP) is 3.23. The van der Waals surface area contributed by atoms with E-state index in [0.29, 0.717) is 5.56 Å². The van der Waals surface area contributed by atoms with E-state index in [1.54, 1.807) is 12.1 Å². The van der Waals surface area contributed by atoms with E-state index in [1.807, 2.05) is 4.90 Å². The number of hydrogen-bond donors (Lipinski definition) is 0. The van der Waals surface area contributed by atoms with Crippen molar-refractivity contribution in [3.05, 3.63) is 35.6 Å². The van der Waals surface area contributed by atoms with Gasteiger partial charge in [0.2, 0.25) is 0 Å². The maximum Gasteiger partial charge on any atom is 0.254 e. The van der Waals surface area contributed by atoms with Crippen LogP contribution in [0.3, 0.4) is 0 Å². The molecule has 1 heterocycles. The zero-order valence-corrected chi connectivity index (χ0v) is 10.3. The minimum atomic E-state index is -0.304. The van der Waals surface area contributed by atoms with Gasteiger partial charge in [0, 0.05) is 17.6 Å². The summed E-state index contributed by atoms with van der Waals surface area (Å²) in [5.74, 6) is -0.286. The van der Waals surface area contributed by atoms with Crippen molar-refractivity contribution in [2.45, 2.75) is 45.2 Å². The Balaban J connectivity index is 2.20. The van der Waals surface area contributed by atoms with E-state index < -0.39 is 0 Å². The van der Waals surface area contributed by atoms with E-state index in [-0.39, 0.29) is 23.8 Å². The summed E-state index contributed by atoms with van der Waals surface area (Å²) in [6.45, 7) is 4.16. The monoisotopic (exact) mass is 235 g/mol. The molecule has 1 aliphatic heterocycles. The van der Waals surface area contributed by atoms with E-state index in [9.17, 15) is 9.18 Å². The zero-order chi connectivity index (χ0) is 12.4. The number of halogens is 1. The molecule has 2 rings (SSSR count). The molecule has 2 nitrogen and oxygen atoms in total. The molecule has 1 fully saturated rings. The molecule has 1 aliphatic rings. The SMILES string of the molecule is C[C@@H]1CCC[C@H](C)N1C(=O)c1ccc(F)cc1. The van der Waals surface area contributed by atoms with Gasteiger partial charge in [-0.05, 0) is 57.4 Å². The van der Waals surface area contributed by atoms with Crippen LogP contribution in [0.5, 0.6) is 0 Å². The number of carbonyl (C=O) groups excluding carboxylic acids is 1. The van der Waals surface area contributed by atoms with Crippen LogP contribution in [0.2, 0.25) is 0 Å². The second-order valence-corrected chi connectivity index (χ2v) is 4.85. The van der Waals surface area contributed by atoms with Crippen LogP contribution in [-0.2, 0) is 0 Å². The van der Waals surface area contributed by atoms with Gasteiger partial charge in [-0.25, -0.2) is 4.39 Å². The summed E-state index contributed by atoms with van der Waals surface area (Å²) in [5.41, 5.74) is 0.576. The van der Waals surface area contributed by atoms with Crippen molar-refractivity contribution in [1.29, 1.82) is 0 Å². The molecule has 1 saturated heterocycles. The standard InChI is InChI=1S/C14H18FNO/c1-10-4-3-5-11(2)16(10)14(17)12-6-8-13(15)9-7-12/h6-11H,3-5H2,1-2H3/t10-,11+. The van der Waals surface area contributed by atoms with Gasteiger partial charge in [0.25, 0.3) is 5.91 Å². The van der Waals surface area contributed by atoms with Gasteiger partial charge in [-0.2, -0.15) is 0 Å². The molecular formula is C14H18FNO. The van der Waals surface area contributed by atoms with E-state index >= 15 is 0 Å². The minimum Gasteiger partial charge on any atom is -0.333 e. The van der Waals surface area contributed by atoms with Crippen molar-refractivity contribution < 1.29 is 9.18 Å². The van der Waals surface area contributed by atoms with Gasteiger partial charge in [0.15, 0.2) is 0 Å². The molecule has 1 amide bonds. The first-order chi connectivity index (χ1) is 8.09. The van der Waals surface area contributed by atoms with Crippen molar-refractivity contribution in [2.75, 3.05) is 0 Å². The largest absolute Gasteiger partial charge is 0.333 e. The maximum absolute atomic E-state index is 12.8. The van der Waals surface area contributed by atoms with E-state index in [4.69, 9.17) is 0 Å². The molecule has 0 aliphatic carbocycles. The molecular weight excluding hydrogens is 217 g/mol. The average molecular weight is 235 g/mol. The van der Waals surface area contributed by atoms with Crippen molar-refractivity contribution in [1.82, 2.24) is 4.90 Å². The van der Waals surface area contributed by atoms with Gasteiger partial charge < -0.3 is 4.90 Å². The molecule has 0 aromatic heterocycles. The molecule has 0 unspecified atom stereocenters. The molecule has 1 aromatic rings. The van der Waals surface area contributed by atoms with Gasteiger partial charge in [0.05, 0.1) is 0 Å². The lowest BCUT2D eigenvalue weighted by atomic mass is 9.96. The lowest BCUT2D eigenvalue weighted by Crippen LogP contribution is -2.47. The lowest BCUT2D eigenvalue weighted by molar-refractivity contribution is 0.0510. The summed E-state index contributed by atoms with van der Waals surface area (Å²) in [7, 11) is 0. The highest BCUT2D eigenvalue weighted by atomic mass is 19.1. The third-order valence-electron chi connectivity index (χ3n) is 3.52. The van der Waals surface area contributed by atoms with Gasteiger partial charge >= 0.3 is 0 Å². The number of carbonyl (C=O) groups is 1. The Bertz CT molecular complexity index is 391. The van der Waals surface area contributed by atoms with Crippen LogP contribution in [-0.4, -0.2) is 22.9 Å². The molecule has 0 spiro atoms. The van der Waals surface area contributed by atoms with Crippen LogP contribution >= 0.6 is 0 Å². The van der Waals surface area contributed by atoms with Crippen LogP contribution in [0.25, 0.3) is 0 Å². The topological polar surface area (TPSA) is 20.3 Å². The predicted molar refractivity (Wildman–Crippen MR) is 65.3 cm³/mol. The fourth-order valence-electron chi connectivity index (χ4n) is 2.56. The summed E-state index contributed by atoms with van der Waals surface area (Å²) in [4.78, 5) is 14.3. The van der Waals surface area contributed by atoms with Crippen molar-refractivity contribution in [3.8, 4) is 0 Å². The Kier molecular flexibility index (Phi) is 3.46. The highest BCUT2D eigenvalue weighted by Crippen LogP contribution is 2.24. The molecule has 0 N–H and O–H groups in total. The Labute approximate surface area is 101 Å². The van der Waals surface area contributed by atoms with Gasteiger partial charge in [0.1, 0.15) is 5.82 Å². The first-order valence-electron chi connectivity index (χ1n) is 6.18. The number of likely N-dealkylation sites (tertiary alicyclic amines) is 1. The Morgan fingerprint density at radius 2 is 1.71 bits per heavy atom. The fraction of sp³-hybridized carbons (Fsp3) is 0.500. The summed E-state index contributed by atoms with van der Waals surface area (Å²) < 4.78 is 12.8. The molecule has 17 heavy (non-hydrogen) atoms. The summed E-state index contributed by atoms with van der Waals surface area (Å²) >= 11 is 0. The van der Waals surface area contributed by atoms with Gasteiger partial charge in [-0.15, -0.1) is 0 Å². The van der Waals surface area contributed by atoms with E-state index in [2.05, 4.69) is 13.8 Å². The maximum atomic E-state index is 12.8. The number of nitrogens with zero attached hydrogens (tertiary/aromatic N) is 1. The Morgan fingerprint density at radius 1 is 1.18 bits per heavy atom. The summed E-state index contributed by atoms with van der Waals surface area (Å²) in [5, 5.41) is 0. The summed E-state index contributed by atoms with van der Waals surface area (Å²) in [6, 6.07) is 6.35. The van der Waals surface area contributed by atoms with Crippen molar-refractivity contribution in [2.24, 2.45) is 0 Å². The highest BCUT2D eigenvalue weighted by Gasteiger charge is 2.29. The first-order valence-corrected chi connectivity index (χ1v) is 6.18. The van der Waals surface area contributed by atoms with Crippen LogP contribution < -0.4 is 0 Å². The first kappa shape index (κ1) is 12.1. The van der Waals surface area contributed by atoms with Gasteiger partial charge in [-0.1, -0.05) is 0 Å². The third-order valence-corrected chi connectivity index (χ3v) is 3.52. The number of piperidine rings is 1. The molecule has 2 atom stereocenters. The molecule has 92 valence electrons. The second-order valence-electron chi connectivity index (χ2n) is 4.85. The normalized spacial score (nSPS) is 24.8. The average Bonchev–Trinajstić information content (AvgIpc) is 2.29. The zero-order valence-electron chi connectivity index (χ0n) is 10.3. The fourth-order valence-corrected chi connectivity index (χ4v) is 2.56. The Hall–Kier alpha value is -1.38. The third kappa shape index (κ3) is 2.48. The lowest BCUT2D eigenvalue weighted by Gasteiger charge is -2.39. The molecule has 0 saturated carbocycles. The number of amides is 1.